The molecule has 1 aliphatic heterocycles. The zero-order valence-electron chi connectivity index (χ0n) is 12.5. The Bertz CT molecular complexity index is 324. The maximum Gasteiger partial charge on any atom is 0.222 e. The van der Waals surface area contributed by atoms with Crippen LogP contribution in [0.2, 0.25) is 0 Å². The lowest BCUT2D eigenvalue weighted by atomic mass is 10.0. The highest BCUT2D eigenvalue weighted by molar-refractivity contribution is 5.76. The van der Waals surface area contributed by atoms with Gasteiger partial charge in [0.15, 0.2) is 0 Å². The van der Waals surface area contributed by atoms with Crippen molar-refractivity contribution in [1.29, 1.82) is 0 Å². The van der Waals surface area contributed by atoms with Crippen LogP contribution < -0.4 is 5.32 Å². The summed E-state index contributed by atoms with van der Waals surface area (Å²) >= 11 is 0. The first-order valence-electron chi connectivity index (χ1n) is 8.30. The predicted octanol–water partition coefficient (Wildman–Crippen LogP) is 2.48. The number of hydrogen-bond acceptors (Lipinski definition) is 2. The normalized spacial score (nSPS) is 21.0. The minimum Gasteiger partial charge on any atom is -0.356 e. The van der Waals surface area contributed by atoms with Crippen LogP contribution in [0.5, 0.6) is 0 Å². The van der Waals surface area contributed by atoms with Gasteiger partial charge >= 0.3 is 0 Å². The molecule has 2 aliphatic rings. The van der Waals surface area contributed by atoms with Crippen molar-refractivity contribution in [3.8, 4) is 0 Å². The van der Waals surface area contributed by atoms with Crippen LogP contribution in [-0.2, 0) is 9.59 Å². The standard InChI is InChI=1S/C16H28N2O2/c19-15(13-14-7-3-4-8-14)17-10-6-12-18-11-5-1-2-9-16(18)20/h14H,1-13H2,(H,17,19). The highest BCUT2D eigenvalue weighted by atomic mass is 16.2. The molecule has 0 spiro atoms. The maximum absolute atomic E-state index is 11.8. The summed E-state index contributed by atoms with van der Waals surface area (Å²) in [6, 6.07) is 0. The van der Waals surface area contributed by atoms with Gasteiger partial charge in [-0.1, -0.05) is 19.3 Å². The van der Waals surface area contributed by atoms with Gasteiger partial charge in [0.1, 0.15) is 0 Å². The van der Waals surface area contributed by atoms with Crippen LogP contribution in [0.3, 0.4) is 0 Å². The summed E-state index contributed by atoms with van der Waals surface area (Å²) in [5.41, 5.74) is 0. The fourth-order valence-electron chi connectivity index (χ4n) is 3.32. The SMILES string of the molecule is O=C(CC1CCCC1)NCCCN1CCCCCC1=O. The largest absolute Gasteiger partial charge is 0.356 e. The van der Waals surface area contributed by atoms with Crippen molar-refractivity contribution in [2.75, 3.05) is 19.6 Å². The van der Waals surface area contributed by atoms with Gasteiger partial charge in [0.05, 0.1) is 0 Å². The van der Waals surface area contributed by atoms with Crippen LogP contribution in [0.15, 0.2) is 0 Å². The second-order valence-electron chi connectivity index (χ2n) is 6.25. The molecule has 0 aromatic carbocycles. The predicted molar refractivity (Wildman–Crippen MR) is 79.2 cm³/mol. The van der Waals surface area contributed by atoms with Crippen molar-refractivity contribution >= 4 is 11.8 Å². The molecule has 1 saturated heterocycles. The van der Waals surface area contributed by atoms with E-state index in [1.165, 1.54) is 32.1 Å². The molecule has 20 heavy (non-hydrogen) atoms. The molecule has 2 amide bonds. The lowest BCUT2D eigenvalue weighted by Crippen LogP contribution is -2.34. The lowest BCUT2D eigenvalue weighted by molar-refractivity contribution is -0.130. The van der Waals surface area contributed by atoms with Crippen LogP contribution in [0, 0.1) is 5.92 Å². The summed E-state index contributed by atoms with van der Waals surface area (Å²) in [4.78, 5) is 25.6. The van der Waals surface area contributed by atoms with Gasteiger partial charge in [0.25, 0.3) is 0 Å². The highest BCUT2D eigenvalue weighted by Gasteiger charge is 2.18. The van der Waals surface area contributed by atoms with E-state index < -0.39 is 0 Å². The van der Waals surface area contributed by atoms with E-state index in [1.54, 1.807) is 0 Å². The molecule has 1 saturated carbocycles. The van der Waals surface area contributed by atoms with Gasteiger partial charge in [-0.3, -0.25) is 9.59 Å². The summed E-state index contributed by atoms with van der Waals surface area (Å²) in [6.45, 7) is 2.40. The Labute approximate surface area is 122 Å². The van der Waals surface area contributed by atoms with E-state index in [-0.39, 0.29) is 5.91 Å². The Morgan fingerprint density at radius 2 is 1.95 bits per heavy atom. The van der Waals surface area contributed by atoms with Gasteiger partial charge in [-0.15, -0.1) is 0 Å². The van der Waals surface area contributed by atoms with Gasteiger partial charge in [0.2, 0.25) is 11.8 Å². The highest BCUT2D eigenvalue weighted by Crippen LogP contribution is 2.27. The van der Waals surface area contributed by atoms with Crippen molar-refractivity contribution < 1.29 is 9.59 Å². The van der Waals surface area contributed by atoms with Crippen LogP contribution in [-0.4, -0.2) is 36.3 Å². The Morgan fingerprint density at radius 1 is 1.15 bits per heavy atom. The van der Waals surface area contributed by atoms with E-state index in [0.717, 1.165) is 32.4 Å². The van der Waals surface area contributed by atoms with Gasteiger partial charge in [0, 0.05) is 32.5 Å². The molecular formula is C16H28N2O2. The third-order valence-electron chi connectivity index (χ3n) is 4.55. The van der Waals surface area contributed by atoms with E-state index in [4.69, 9.17) is 0 Å². The first-order chi connectivity index (χ1) is 9.75. The monoisotopic (exact) mass is 280 g/mol. The molecule has 4 heteroatoms. The fraction of sp³-hybridized carbons (Fsp3) is 0.875. The Hall–Kier alpha value is -1.06. The molecule has 0 atom stereocenters. The molecule has 0 aromatic rings. The molecular weight excluding hydrogens is 252 g/mol. The smallest absolute Gasteiger partial charge is 0.222 e. The number of likely N-dealkylation sites (tertiary alicyclic amines) is 1. The molecule has 2 fully saturated rings. The van der Waals surface area contributed by atoms with Crippen molar-refractivity contribution in [3.63, 3.8) is 0 Å². The average Bonchev–Trinajstić information content (AvgIpc) is 2.84. The average molecular weight is 280 g/mol. The molecule has 0 bridgehead atoms. The molecule has 1 aliphatic carbocycles. The fourth-order valence-corrected chi connectivity index (χ4v) is 3.32. The second kappa shape index (κ2) is 8.28. The minimum atomic E-state index is 0.194. The van der Waals surface area contributed by atoms with E-state index in [0.29, 0.717) is 31.2 Å². The first kappa shape index (κ1) is 15.3. The third kappa shape index (κ3) is 5.14. The number of hydrogen-bond donors (Lipinski definition) is 1. The topological polar surface area (TPSA) is 49.4 Å². The number of rotatable bonds is 6. The Morgan fingerprint density at radius 3 is 2.75 bits per heavy atom. The zero-order valence-corrected chi connectivity index (χ0v) is 12.5. The van der Waals surface area contributed by atoms with Gasteiger partial charge in [-0.2, -0.15) is 0 Å². The van der Waals surface area contributed by atoms with Crippen LogP contribution in [0.1, 0.15) is 64.2 Å². The molecule has 0 unspecified atom stereocenters. The number of nitrogens with one attached hydrogen (secondary N) is 1. The first-order valence-corrected chi connectivity index (χ1v) is 8.30. The molecule has 1 N–H and O–H groups in total. The molecule has 0 aromatic heterocycles. The number of carbonyl (C=O) groups excluding carboxylic acids is 2. The van der Waals surface area contributed by atoms with E-state index in [2.05, 4.69) is 5.32 Å². The third-order valence-corrected chi connectivity index (χ3v) is 4.55. The van der Waals surface area contributed by atoms with Gasteiger partial charge in [-0.05, 0) is 38.0 Å². The van der Waals surface area contributed by atoms with Crippen molar-refractivity contribution in [2.45, 2.75) is 64.2 Å². The maximum atomic E-state index is 11.8. The molecule has 0 radical (unpaired) electrons. The number of nitrogens with zero attached hydrogens (tertiary/aromatic N) is 1. The van der Waals surface area contributed by atoms with Crippen molar-refractivity contribution in [2.24, 2.45) is 5.92 Å². The second-order valence-corrected chi connectivity index (χ2v) is 6.25. The summed E-state index contributed by atoms with van der Waals surface area (Å²) in [5.74, 6) is 1.10. The summed E-state index contributed by atoms with van der Waals surface area (Å²) < 4.78 is 0. The van der Waals surface area contributed by atoms with E-state index in [1.807, 2.05) is 4.90 Å². The number of carbonyl (C=O) groups is 2. The molecule has 114 valence electrons. The molecule has 1 heterocycles. The number of amides is 2. The van der Waals surface area contributed by atoms with Gasteiger partial charge < -0.3 is 10.2 Å². The molecule has 2 rings (SSSR count). The van der Waals surface area contributed by atoms with Crippen LogP contribution in [0.25, 0.3) is 0 Å². The van der Waals surface area contributed by atoms with Crippen LogP contribution in [0.4, 0.5) is 0 Å². The van der Waals surface area contributed by atoms with E-state index in [9.17, 15) is 9.59 Å². The summed E-state index contributed by atoms with van der Waals surface area (Å²) in [5, 5.41) is 3.00. The van der Waals surface area contributed by atoms with E-state index >= 15 is 0 Å². The Balaban J connectivity index is 1.55. The summed E-state index contributed by atoms with van der Waals surface area (Å²) in [7, 11) is 0. The van der Waals surface area contributed by atoms with Crippen molar-refractivity contribution in [1.82, 2.24) is 10.2 Å². The lowest BCUT2D eigenvalue weighted by Gasteiger charge is -2.20. The molecule has 4 nitrogen and oxygen atoms in total. The summed E-state index contributed by atoms with van der Waals surface area (Å²) in [6.07, 6.45) is 10.6. The van der Waals surface area contributed by atoms with Crippen LogP contribution >= 0.6 is 0 Å². The van der Waals surface area contributed by atoms with Crippen molar-refractivity contribution in [3.05, 3.63) is 0 Å². The van der Waals surface area contributed by atoms with Gasteiger partial charge in [-0.25, -0.2) is 0 Å². The zero-order chi connectivity index (χ0) is 14.2. The minimum absolute atomic E-state index is 0.194. The quantitative estimate of drug-likeness (QED) is 0.760. The Kier molecular flexibility index (Phi) is 6.34.